The van der Waals surface area contributed by atoms with Crippen molar-refractivity contribution in [2.45, 2.75) is 32.4 Å². The van der Waals surface area contributed by atoms with E-state index in [1.165, 1.54) is 0 Å². The first kappa shape index (κ1) is 22.6. The summed E-state index contributed by atoms with van der Waals surface area (Å²) in [5.74, 6) is 2.92. The number of Topliss-reactive ketones (excluding diaryl/α,β-unsaturated/α-hetero) is 1. The molecule has 0 spiro atoms. The highest BCUT2D eigenvalue weighted by Crippen LogP contribution is 2.44. The van der Waals surface area contributed by atoms with Crippen molar-refractivity contribution in [2.75, 3.05) is 41.2 Å². The molecule has 3 heterocycles. The fourth-order valence-electron chi connectivity index (χ4n) is 4.83. The third-order valence-corrected chi connectivity index (χ3v) is 6.47. The Bertz CT molecular complexity index is 1130. The van der Waals surface area contributed by atoms with Crippen molar-refractivity contribution in [3.63, 3.8) is 0 Å². The Morgan fingerprint density at radius 2 is 1.85 bits per heavy atom. The lowest BCUT2D eigenvalue weighted by atomic mass is 9.99. The SMILES string of the molecule is COc1cc(/C=C2\Oc3c(cc4c(c3C)OCN(CC3CCCO3)C4)C2=O)cc(OC)c1OC. The molecule has 0 bridgehead atoms. The molecule has 1 saturated heterocycles. The monoisotopic (exact) mass is 467 g/mol. The summed E-state index contributed by atoms with van der Waals surface area (Å²) in [6.07, 6.45) is 4.12. The molecule has 5 rings (SSSR count). The second-order valence-corrected chi connectivity index (χ2v) is 8.68. The van der Waals surface area contributed by atoms with Crippen LogP contribution in [0.5, 0.6) is 28.7 Å². The van der Waals surface area contributed by atoms with Crippen LogP contribution in [0.4, 0.5) is 0 Å². The van der Waals surface area contributed by atoms with Gasteiger partial charge in [0.25, 0.3) is 0 Å². The van der Waals surface area contributed by atoms with Crippen LogP contribution in [0.25, 0.3) is 6.08 Å². The van der Waals surface area contributed by atoms with Crippen LogP contribution in [-0.4, -0.2) is 58.0 Å². The molecule has 180 valence electrons. The number of methoxy groups -OCH3 is 3. The van der Waals surface area contributed by atoms with E-state index in [1.54, 1.807) is 39.5 Å². The minimum Gasteiger partial charge on any atom is -0.493 e. The summed E-state index contributed by atoms with van der Waals surface area (Å²) < 4.78 is 34.1. The summed E-state index contributed by atoms with van der Waals surface area (Å²) >= 11 is 0. The molecule has 1 unspecified atom stereocenters. The molecule has 8 nitrogen and oxygen atoms in total. The number of allylic oxidation sites excluding steroid dienone is 1. The van der Waals surface area contributed by atoms with Gasteiger partial charge in [-0.05, 0) is 49.6 Å². The summed E-state index contributed by atoms with van der Waals surface area (Å²) in [6.45, 7) is 4.79. The number of fused-ring (bicyclic) bond motifs is 2. The first-order chi connectivity index (χ1) is 16.5. The molecule has 8 heteroatoms. The van der Waals surface area contributed by atoms with Gasteiger partial charge in [-0.2, -0.15) is 0 Å². The van der Waals surface area contributed by atoms with Gasteiger partial charge in [0.2, 0.25) is 11.5 Å². The summed E-state index contributed by atoms with van der Waals surface area (Å²) in [5, 5.41) is 0. The van der Waals surface area contributed by atoms with Crippen LogP contribution in [0.3, 0.4) is 0 Å². The van der Waals surface area contributed by atoms with E-state index in [0.29, 0.717) is 47.4 Å². The smallest absolute Gasteiger partial charge is 0.231 e. The van der Waals surface area contributed by atoms with Gasteiger partial charge < -0.3 is 28.4 Å². The first-order valence-electron chi connectivity index (χ1n) is 11.4. The van der Waals surface area contributed by atoms with Crippen LogP contribution >= 0.6 is 0 Å². The highest BCUT2D eigenvalue weighted by Gasteiger charge is 2.34. The topological polar surface area (TPSA) is 75.7 Å². The third kappa shape index (κ3) is 3.97. The van der Waals surface area contributed by atoms with Crippen molar-refractivity contribution in [3.8, 4) is 28.7 Å². The average Bonchev–Trinajstić information content (AvgIpc) is 3.47. The Labute approximate surface area is 198 Å². The van der Waals surface area contributed by atoms with Gasteiger partial charge in [0.05, 0.1) is 33.0 Å². The summed E-state index contributed by atoms with van der Waals surface area (Å²) in [4.78, 5) is 15.5. The number of ketones is 1. The Kier molecular flexibility index (Phi) is 6.10. The fourth-order valence-corrected chi connectivity index (χ4v) is 4.83. The predicted octanol–water partition coefficient (Wildman–Crippen LogP) is 3.97. The Hall–Kier alpha value is -3.23. The van der Waals surface area contributed by atoms with Gasteiger partial charge >= 0.3 is 0 Å². The Morgan fingerprint density at radius 1 is 1.09 bits per heavy atom. The molecule has 34 heavy (non-hydrogen) atoms. The molecule has 0 N–H and O–H groups in total. The minimum atomic E-state index is -0.161. The highest BCUT2D eigenvalue weighted by atomic mass is 16.5. The maximum Gasteiger partial charge on any atom is 0.231 e. The number of hydrogen-bond acceptors (Lipinski definition) is 8. The number of benzene rings is 2. The van der Waals surface area contributed by atoms with E-state index < -0.39 is 0 Å². The number of nitrogens with zero attached hydrogens (tertiary/aromatic N) is 1. The van der Waals surface area contributed by atoms with Crippen LogP contribution in [0.1, 0.15) is 39.9 Å². The number of carbonyl (C=O) groups is 1. The quantitative estimate of drug-likeness (QED) is 0.591. The van der Waals surface area contributed by atoms with Crippen LogP contribution in [0.15, 0.2) is 24.0 Å². The molecule has 2 aromatic carbocycles. The standard InChI is InChI=1S/C26H29NO7/c1-15-24-17(12-27(14-33-24)13-18-6-5-7-32-18)11-19-23(28)20(34-25(15)19)8-16-9-21(29-2)26(31-4)22(10-16)30-3/h8-11,18H,5-7,12-14H2,1-4H3/b20-8-. The minimum absolute atomic E-state index is 0.161. The zero-order valence-corrected chi connectivity index (χ0v) is 19.9. The summed E-state index contributed by atoms with van der Waals surface area (Å²) in [7, 11) is 4.65. The van der Waals surface area contributed by atoms with Gasteiger partial charge in [-0.3, -0.25) is 9.69 Å². The number of ether oxygens (including phenoxy) is 6. The third-order valence-electron chi connectivity index (χ3n) is 6.47. The maximum absolute atomic E-state index is 13.3. The van der Waals surface area contributed by atoms with Gasteiger partial charge in [-0.25, -0.2) is 0 Å². The lowest BCUT2D eigenvalue weighted by Crippen LogP contribution is -2.37. The van der Waals surface area contributed by atoms with Gasteiger partial charge in [0.1, 0.15) is 18.2 Å². The molecule has 0 aliphatic carbocycles. The zero-order valence-electron chi connectivity index (χ0n) is 19.9. The summed E-state index contributed by atoms with van der Waals surface area (Å²) in [6, 6.07) is 5.45. The van der Waals surface area contributed by atoms with Gasteiger partial charge in [-0.1, -0.05) is 0 Å². The van der Waals surface area contributed by atoms with Crippen molar-refractivity contribution in [3.05, 3.63) is 46.2 Å². The lowest BCUT2D eigenvalue weighted by molar-refractivity contribution is 0.0276. The Morgan fingerprint density at radius 3 is 2.50 bits per heavy atom. The van der Waals surface area contributed by atoms with Crippen LogP contribution in [0.2, 0.25) is 0 Å². The Balaban J connectivity index is 1.43. The maximum atomic E-state index is 13.3. The van der Waals surface area contributed by atoms with E-state index in [4.69, 9.17) is 28.4 Å². The molecular weight excluding hydrogens is 438 g/mol. The van der Waals surface area contributed by atoms with Crippen molar-refractivity contribution < 1.29 is 33.2 Å². The molecule has 3 aliphatic rings. The van der Waals surface area contributed by atoms with Crippen LogP contribution in [-0.2, 0) is 11.3 Å². The van der Waals surface area contributed by atoms with E-state index in [1.807, 2.05) is 13.0 Å². The van der Waals surface area contributed by atoms with E-state index in [9.17, 15) is 4.79 Å². The summed E-state index contributed by atoms with van der Waals surface area (Å²) in [5.41, 5.74) is 3.09. The zero-order chi connectivity index (χ0) is 23.8. The molecule has 3 aliphatic heterocycles. The van der Waals surface area contributed by atoms with E-state index >= 15 is 0 Å². The van der Waals surface area contributed by atoms with Crippen LogP contribution in [0, 0.1) is 6.92 Å². The van der Waals surface area contributed by atoms with E-state index in [0.717, 1.165) is 42.9 Å². The van der Waals surface area contributed by atoms with E-state index in [2.05, 4.69) is 4.90 Å². The molecule has 0 aromatic heterocycles. The number of hydrogen-bond donors (Lipinski definition) is 0. The molecule has 1 fully saturated rings. The molecule has 0 radical (unpaired) electrons. The molecular formula is C26H29NO7. The average molecular weight is 468 g/mol. The fraction of sp³-hybridized carbons (Fsp3) is 0.423. The predicted molar refractivity (Wildman–Crippen MR) is 125 cm³/mol. The molecule has 2 aromatic rings. The highest BCUT2D eigenvalue weighted by molar-refractivity contribution is 6.15. The second kappa shape index (κ2) is 9.19. The van der Waals surface area contributed by atoms with E-state index in [-0.39, 0.29) is 17.6 Å². The second-order valence-electron chi connectivity index (χ2n) is 8.68. The number of carbonyl (C=O) groups excluding carboxylic acids is 1. The van der Waals surface area contributed by atoms with Gasteiger partial charge in [-0.15, -0.1) is 0 Å². The number of rotatable bonds is 6. The normalized spacial score (nSPS) is 20.5. The first-order valence-corrected chi connectivity index (χ1v) is 11.4. The molecule has 1 atom stereocenters. The van der Waals surface area contributed by atoms with Crippen molar-refractivity contribution in [1.82, 2.24) is 4.90 Å². The van der Waals surface area contributed by atoms with Crippen molar-refractivity contribution >= 4 is 11.9 Å². The van der Waals surface area contributed by atoms with Crippen LogP contribution < -0.4 is 23.7 Å². The van der Waals surface area contributed by atoms with Gasteiger partial charge in [0, 0.05) is 30.8 Å². The largest absolute Gasteiger partial charge is 0.493 e. The lowest BCUT2D eigenvalue weighted by Gasteiger charge is -2.31. The van der Waals surface area contributed by atoms with Crippen molar-refractivity contribution in [2.24, 2.45) is 0 Å². The van der Waals surface area contributed by atoms with Crippen molar-refractivity contribution in [1.29, 1.82) is 0 Å². The molecule has 0 saturated carbocycles. The molecule has 0 amide bonds. The van der Waals surface area contributed by atoms with Gasteiger partial charge in [0.15, 0.2) is 17.3 Å².